The summed E-state index contributed by atoms with van der Waals surface area (Å²) in [7, 11) is 0. The number of anilines is 1. The molecule has 1 unspecified atom stereocenters. The molecule has 30 heavy (non-hydrogen) atoms. The van der Waals surface area contributed by atoms with E-state index in [1.54, 1.807) is 11.8 Å². The lowest BCUT2D eigenvalue weighted by molar-refractivity contribution is -0.117. The number of aryl methyl sites for hydroxylation is 2. The molecule has 0 radical (unpaired) electrons. The second kappa shape index (κ2) is 10.3. The molecule has 0 saturated carbocycles. The minimum Gasteiger partial charge on any atom is -0.466 e. The van der Waals surface area contributed by atoms with E-state index in [0.717, 1.165) is 23.4 Å². The van der Waals surface area contributed by atoms with Gasteiger partial charge in [0, 0.05) is 24.3 Å². The number of benzene rings is 1. The summed E-state index contributed by atoms with van der Waals surface area (Å²) < 4.78 is 5.54. The summed E-state index contributed by atoms with van der Waals surface area (Å²) in [4.78, 5) is 18.9. The minimum absolute atomic E-state index is 0. The Morgan fingerprint density at radius 3 is 2.70 bits per heavy atom. The van der Waals surface area contributed by atoms with Gasteiger partial charge >= 0.3 is 0 Å². The summed E-state index contributed by atoms with van der Waals surface area (Å²) in [5.74, 6) is 1.90. The summed E-state index contributed by atoms with van der Waals surface area (Å²) in [5.41, 5.74) is 1.77. The average Bonchev–Trinajstić information content (AvgIpc) is 3.27. The Morgan fingerprint density at radius 1 is 1.30 bits per heavy atom. The Bertz CT molecular complexity index is 908. The van der Waals surface area contributed by atoms with Crippen LogP contribution in [-0.2, 0) is 16.8 Å². The number of guanidine groups is 1. The summed E-state index contributed by atoms with van der Waals surface area (Å²) >= 11 is 0. The van der Waals surface area contributed by atoms with Gasteiger partial charge in [-0.15, -0.1) is 24.0 Å². The average molecular weight is 526 g/mol. The van der Waals surface area contributed by atoms with Gasteiger partial charge in [-0.25, -0.2) is 4.99 Å². The highest BCUT2D eigenvalue weighted by Gasteiger charge is 2.28. The molecule has 1 aliphatic heterocycles. The van der Waals surface area contributed by atoms with Gasteiger partial charge in [-0.05, 0) is 51.8 Å². The number of carbonyl (C=O) groups is 1. The molecular formula is C22H31IN4O3. The number of hydrogen-bond acceptors (Lipinski definition) is 4. The molecule has 2 aromatic rings. The van der Waals surface area contributed by atoms with Crippen molar-refractivity contribution in [1.82, 2.24) is 10.6 Å². The number of hydrogen-bond donors (Lipinski definition) is 3. The van der Waals surface area contributed by atoms with Gasteiger partial charge in [0.25, 0.3) is 0 Å². The van der Waals surface area contributed by atoms with Crippen LogP contribution >= 0.6 is 24.0 Å². The van der Waals surface area contributed by atoms with Gasteiger partial charge in [0.15, 0.2) is 5.96 Å². The van der Waals surface area contributed by atoms with E-state index in [4.69, 9.17) is 4.42 Å². The molecule has 1 amide bonds. The van der Waals surface area contributed by atoms with Crippen LogP contribution in [0.2, 0.25) is 0 Å². The lowest BCUT2D eigenvalue weighted by Gasteiger charge is -2.24. The zero-order valence-electron chi connectivity index (χ0n) is 18.0. The number of halogens is 1. The largest absolute Gasteiger partial charge is 0.466 e. The van der Waals surface area contributed by atoms with E-state index >= 15 is 0 Å². The standard InChI is InChI=1S/C22H30N4O3.HI/c1-5-23-21(25-14-22(4,28)18-12-15(2)29-16(18)3)24-13-20(27)26-11-10-17-8-6-7-9-19(17)26;/h6-9,12,28H,5,10-11,13-14H2,1-4H3,(H2,23,24,25);1H. The Balaban J connectivity index is 0.00000320. The van der Waals surface area contributed by atoms with Gasteiger partial charge in [0.05, 0.1) is 6.54 Å². The number of nitrogens with zero attached hydrogens (tertiary/aromatic N) is 2. The maximum Gasteiger partial charge on any atom is 0.248 e. The van der Waals surface area contributed by atoms with Crippen molar-refractivity contribution in [2.75, 3.05) is 31.1 Å². The quantitative estimate of drug-likeness (QED) is 0.306. The van der Waals surface area contributed by atoms with E-state index in [1.807, 2.05) is 45.0 Å². The van der Waals surface area contributed by atoms with Crippen LogP contribution < -0.4 is 15.5 Å². The second-order valence-corrected chi connectivity index (χ2v) is 7.57. The minimum atomic E-state index is -1.13. The summed E-state index contributed by atoms with van der Waals surface area (Å²) in [6.07, 6.45) is 0.871. The van der Waals surface area contributed by atoms with Gasteiger partial charge in [-0.3, -0.25) is 4.79 Å². The van der Waals surface area contributed by atoms with Gasteiger partial charge in [-0.1, -0.05) is 18.2 Å². The molecule has 3 rings (SSSR count). The van der Waals surface area contributed by atoms with Crippen molar-refractivity contribution in [2.45, 2.75) is 39.7 Å². The van der Waals surface area contributed by atoms with Crippen molar-refractivity contribution >= 4 is 41.5 Å². The van der Waals surface area contributed by atoms with Crippen LogP contribution in [0, 0.1) is 13.8 Å². The molecule has 2 heterocycles. The molecule has 8 heteroatoms. The number of nitrogens with one attached hydrogen (secondary N) is 2. The fraction of sp³-hybridized carbons (Fsp3) is 0.455. The number of rotatable bonds is 6. The highest BCUT2D eigenvalue weighted by Crippen LogP contribution is 2.28. The molecule has 0 bridgehead atoms. The number of carbonyl (C=O) groups excluding carboxylic acids is 1. The summed E-state index contributed by atoms with van der Waals surface area (Å²) in [6, 6.07) is 9.81. The van der Waals surface area contributed by atoms with Crippen LogP contribution in [0.1, 0.15) is 36.5 Å². The third-order valence-corrected chi connectivity index (χ3v) is 5.13. The molecule has 164 valence electrons. The maximum absolute atomic E-state index is 12.7. The highest BCUT2D eigenvalue weighted by molar-refractivity contribution is 14.0. The molecule has 1 atom stereocenters. The van der Waals surface area contributed by atoms with E-state index < -0.39 is 5.60 Å². The number of furan rings is 1. The van der Waals surface area contributed by atoms with Crippen molar-refractivity contribution in [1.29, 1.82) is 0 Å². The zero-order valence-corrected chi connectivity index (χ0v) is 20.3. The van der Waals surface area contributed by atoms with Gasteiger partial charge < -0.3 is 25.1 Å². The van der Waals surface area contributed by atoms with E-state index in [0.29, 0.717) is 24.8 Å². The van der Waals surface area contributed by atoms with Crippen LogP contribution in [0.25, 0.3) is 0 Å². The molecule has 7 nitrogen and oxygen atoms in total. The van der Waals surface area contributed by atoms with Crippen LogP contribution in [-0.4, -0.2) is 43.2 Å². The third kappa shape index (κ3) is 5.54. The lowest BCUT2D eigenvalue weighted by Crippen LogP contribution is -2.45. The Morgan fingerprint density at radius 2 is 2.03 bits per heavy atom. The molecule has 1 aromatic heterocycles. The monoisotopic (exact) mass is 526 g/mol. The summed E-state index contributed by atoms with van der Waals surface area (Å²) in [6.45, 7) is 8.99. The van der Waals surface area contributed by atoms with Gasteiger partial charge in [-0.2, -0.15) is 0 Å². The van der Waals surface area contributed by atoms with Crippen LogP contribution in [0.3, 0.4) is 0 Å². The fourth-order valence-electron chi connectivity index (χ4n) is 3.69. The van der Waals surface area contributed by atoms with E-state index in [9.17, 15) is 9.90 Å². The maximum atomic E-state index is 12.7. The molecule has 0 spiro atoms. The topological polar surface area (TPSA) is 90.1 Å². The fourth-order valence-corrected chi connectivity index (χ4v) is 3.69. The Kier molecular flexibility index (Phi) is 8.31. The Hall–Kier alpha value is -2.07. The second-order valence-electron chi connectivity index (χ2n) is 7.57. The normalized spacial score (nSPS) is 15.2. The van der Waals surface area contributed by atoms with E-state index in [-0.39, 0.29) is 43.0 Å². The predicted octanol–water partition coefficient (Wildman–Crippen LogP) is 2.87. The van der Waals surface area contributed by atoms with Crippen molar-refractivity contribution in [2.24, 2.45) is 4.99 Å². The molecule has 0 aliphatic carbocycles. The van der Waals surface area contributed by atoms with Gasteiger partial charge in [0.2, 0.25) is 5.91 Å². The molecule has 1 aliphatic rings. The highest BCUT2D eigenvalue weighted by atomic mass is 127. The lowest BCUT2D eigenvalue weighted by atomic mass is 9.96. The smallest absolute Gasteiger partial charge is 0.248 e. The number of para-hydroxylation sites is 1. The molecular weight excluding hydrogens is 495 g/mol. The van der Waals surface area contributed by atoms with E-state index in [2.05, 4.69) is 21.7 Å². The molecule has 0 fully saturated rings. The first kappa shape index (κ1) is 24.2. The third-order valence-electron chi connectivity index (χ3n) is 5.13. The number of amides is 1. The zero-order chi connectivity index (χ0) is 21.0. The Labute approximate surface area is 195 Å². The number of aliphatic imine (C=N–C) groups is 1. The predicted molar refractivity (Wildman–Crippen MR) is 130 cm³/mol. The SMILES string of the molecule is CCNC(=NCC(=O)N1CCc2ccccc21)NCC(C)(O)c1cc(C)oc1C.I. The molecule has 3 N–H and O–H groups in total. The van der Waals surface area contributed by atoms with Crippen molar-refractivity contribution in [3.63, 3.8) is 0 Å². The first-order valence-electron chi connectivity index (χ1n) is 10.0. The molecule has 1 aromatic carbocycles. The van der Waals surface area contributed by atoms with Crippen LogP contribution in [0.5, 0.6) is 0 Å². The first-order chi connectivity index (χ1) is 13.8. The van der Waals surface area contributed by atoms with Crippen LogP contribution in [0.15, 0.2) is 39.7 Å². The van der Waals surface area contributed by atoms with E-state index in [1.165, 1.54) is 5.56 Å². The van der Waals surface area contributed by atoms with Gasteiger partial charge in [0.1, 0.15) is 23.7 Å². The number of aliphatic hydroxyl groups is 1. The summed E-state index contributed by atoms with van der Waals surface area (Å²) in [5, 5.41) is 17.1. The van der Waals surface area contributed by atoms with Crippen molar-refractivity contribution < 1.29 is 14.3 Å². The first-order valence-corrected chi connectivity index (χ1v) is 10.0. The molecule has 0 saturated heterocycles. The number of fused-ring (bicyclic) bond motifs is 1. The van der Waals surface area contributed by atoms with Crippen molar-refractivity contribution in [3.8, 4) is 0 Å². The van der Waals surface area contributed by atoms with Crippen molar-refractivity contribution in [3.05, 3.63) is 53.0 Å². The van der Waals surface area contributed by atoms with Crippen LogP contribution in [0.4, 0.5) is 5.69 Å².